The van der Waals surface area contributed by atoms with Crippen LogP contribution in [0, 0.1) is 0 Å². The summed E-state index contributed by atoms with van der Waals surface area (Å²) in [6.45, 7) is 3.87. The Morgan fingerprint density at radius 2 is 2.18 bits per heavy atom. The molecule has 1 unspecified atom stereocenters. The predicted octanol–water partition coefficient (Wildman–Crippen LogP) is 3.26. The van der Waals surface area contributed by atoms with Crippen LogP contribution in [0.2, 0.25) is 0 Å². The van der Waals surface area contributed by atoms with E-state index in [0.717, 1.165) is 30.2 Å². The van der Waals surface area contributed by atoms with Gasteiger partial charge in [0.25, 0.3) is 0 Å². The third-order valence-corrected chi connectivity index (χ3v) is 4.27. The highest BCUT2D eigenvalue weighted by molar-refractivity contribution is 14.0. The summed E-state index contributed by atoms with van der Waals surface area (Å²) in [5, 5.41) is 13.9. The third-order valence-electron chi connectivity index (χ3n) is 4.27. The number of aromatic amines is 1. The molecule has 1 aromatic carbocycles. The standard InChI is InChI=1S/C19H22N6O2.HI/c1-2-20-19(22-14-9-11-27-15-7-4-3-6-13(14)15)21-12-17-23-18(25-24-17)16-8-5-10-26-16;/h3-8,10,14H,2,9,11-12H2,1H3,(H2,20,21,22)(H,23,24,25);1H. The molecule has 148 valence electrons. The lowest BCUT2D eigenvalue weighted by Crippen LogP contribution is -2.41. The second-order valence-corrected chi connectivity index (χ2v) is 6.15. The van der Waals surface area contributed by atoms with E-state index in [4.69, 9.17) is 9.15 Å². The number of benzene rings is 1. The summed E-state index contributed by atoms with van der Waals surface area (Å²) in [6, 6.07) is 11.9. The first-order valence-corrected chi connectivity index (χ1v) is 9.05. The van der Waals surface area contributed by atoms with Crippen molar-refractivity contribution in [1.82, 2.24) is 25.8 Å². The zero-order valence-electron chi connectivity index (χ0n) is 15.5. The number of fused-ring (bicyclic) bond motifs is 1. The van der Waals surface area contributed by atoms with Gasteiger partial charge in [-0.15, -0.1) is 29.1 Å². The van der Waals surface area contributed by atoms with Crippen LogP contribution in [0.5, 0.6) is 5.75 Å². The van der Waals surface area contributed by atoms with Gasteiger partial charge in [0.2, 0.25) is 5.82 Å². The van der Waals surface area contributed by atoms with Crippen molar-refractivity contribution < 1.29 is 9.15 Å². The van der Waals surface area contributed by atoms with Crippen LogP contribution >= 0.6 is 24.0 Å². The highest BCUT2D eigenvalue weighted by Gasteiger charge is 2.21. The number of H-pyrrole nitrogens is 1. The van der Waals surface area contributed by atoms with Gasteiger partial charge in [0.05, 0.1) is 18.9 Å². The number of hydrogen-bond acceptors (Lipinski definition) is 5. The molecule has 1 atom stereocenters. The quantitative estimate of drug-likeness (QED) is 0.286. The molecule has 0 aliphatic carbocycles. The van der Waals surface area contributed by atoms with Gasteiger partial charge < -0.3 is 19.8 Å². The number of aliphatic imine (C=N–C) groups is 1. The van der Waals surface area contributed by atoms with E-state index in [0.29, 0.717) is 30.6 Å². The molecule has 3 heterocycles. The summed E-state index contributed by atoms with van der Waals surface area (Å²) in [5.41, 5.74) is 1.15. The zero-order chi connectivity index (χ0) is 18.5. The van der Waals surface area contributed by atoms with E-state index in [1.807, 2.05) is 37.3 Å². The minimum absolute atomic E-state index is 0. The molecule has 0 fully saturated rings. The Morgan fingerprint density at radius 3 is 3.00 bits per heavy atom. The summed E-state index contributed by atoms with van der Waals surface area (Å²) in [6.07, 6.45) is 2.48. The van der Waals surface area contributed by atoms with Gasteiger partial charge in [-0.25, -0.2) is 9.98 Å². The Kier molecular flexibility index (Phi) is 6.90. The number of nitrogens with one attached hydrogen (secondary N) is 3. The molecule has 0 saturated carbocycles. The van der Waals surface area contributed by atoms with Crippen molar-refractivity contribution >= 4 is 29.9 Å². The average molecular weight is 494 g/mol. The molecule has 3 N–H and O–H groups in total. The van der Waals surface area contributed by atoms with Crippen LogP contribution in [0.15, 0.2) is 52.1 Å². The maximum Gasteiger partial charge on any atom is 0.216 e. The van der Waals surface area contributed by atoms with Crippen LogP contribution in [-0.2, 0) is 6.54 Å². The Bertz CT molecular complexity index is 909. The van der Waals surface area contributed by atoms with Gasteiger partial charge in [-0.1, -0.05) is 18.2 Å². The third kappa shape index (κ3) is 4.64. The van der Waals surface area contributed by atoms with Crippen LogP contribution in [0.4, 0.5) is 0 Å². The minimum Gasteiger partial charge on any atom is -0.493 e. The fourth-order valence-corrected chi connectivity index (χ4v) is 3.01. The number of nitrogens with zero attached hydrogens (tertiary/aromatic N) is 3. The van der Waals surface area contributed by atoms with Gasteiger partial charge in [-0.05, 0) is 25.1 Å². The smallest absolute Gasteiger partial charge is 0.216 e. The van der Waals surface area contributed by atoms with Crippen molar-refractivity contribution in [1.29, 1.82) is 0 Å². The number of rotatable bonds is 5. The maximum absolute atomic E-state index is 5.73. The van der Waals surface area contributed by atoms with Crippen molar-refractivity contribution in [3.63, 3.8) is 0 Å². The highest BCUT2D eigenvalue weighted by Crippen LogP contribution is 2.31. The molecule has 1 aliphatic rings. The summed E-state index contributed by atoms with van der Waals surface area (Å²) >= 11 is 0. The van der Waals surface area contributed by atoms with Gasteiger partial charge in [0, 0.05) is 18.5 Å². The molecule has 0 bridgehead atoms. The Hall–Kier alpha value is -2.56. The summed E-state index contributed by atoms with van der Waals surface area (Å²) in [7, 11) is 0. The number of halogens is 1. The molecule has 0 amide bonds. The molecular formula is C19H23IN6O2. The van der Waals surface area contributed by atoms with Gasteiger partial charge >= 0.3 is 0 Å². The van der Waals surface area contributed by atoms with Crippen LogP contribution in [0.25, 0.3) is 11.6 Å². The number of ether oxygens (including phenoxy) is 1. The molecule has 0 radical (unpaired) electrons. The van der Waals surface area contributed by atoms with E-state index in [9.17, 15) is 0 Å². The van der Waals surface area contributed by atoms with Gasteiger partial charge in [0.15, 0.2) is 11.7 Å². The van der Waals surface area contributed by atoms with E-state index in [1.54, 1.807) is 6.26 Å². The molecule has 2 aromatic heterocycles. The van der Waals surface area contributed by atoms with Crippen LogP contribution in [0.1, 0.15) is 30.8 Å². The van der Waals surface area contributed by atoms with Crippen LogP contribution in [0.3, 0.4) is 0 Å². The Balaban J connectivity index is 0.00000225. The summed E-state index contributed by atoms with van der Waals surface area (Å²) < 4.78 is 11.0. The van der Waals surface area contributed by atoms with E-state index >= 15 is 0 Å². The number of para-hydroxylation sites is 1. The monoisotopic (exact) mass is 494 g/mol. The fraction of sp³-hybridized carbons (Fsp3) is 0.316. The molecule has 9 heteroatoms. The lowest BCUT2D eigenvalue weighted by atomic mass is 10.0. The Labute approximate surface area is 180 Å². The topological polar surface area (TPSA) is 100 Å². The highest BCUT2D eigenvalue weighted by atomic mass is 127. The predicted molar refractivity (Wildman–Crippen MR) is 117 cm³/mol. The molecular weight excluding hydrogens is 471 g/mol. The lowest BCUT2D eigenvalue weighted by molar-refractivity contribution is 0.261. The number of guanidine groups is 1. The van der Waals surface area contributed by atoms with E-state index in [2.05, 4.69) is 36.9 Å². The van der Waals surface area contributed by atoms with Gasteiger partial charge in [0.1, 0.15) is 18.1 Å². The number of aromatic nitrogens is 3. The fourth-order valence-electron chi connectivity index (χ4n) is 3.01. The second kappa shape index (κ2) is 9.58. The van der Waals surface area contributed by atoms with Crippen LogP contribution < -0.4 is 15.4 Å². The summed E-state index contributed by atoms with van der Waals surface area (Å²) in [5.74, 6) is 3.49. The van der Waals surface area contributed by atoms with Crippen molar-refractivity contribution in [2.45, 2.75) is 25.9 Å². The zero-order valence-corrected chi connectivity index (χ0v) is 17.8. The van der Waals surface area contributed by atoms with Crippen molar-refractivity contribution in [3.8, 4) is 17.3 Å². The molecule has 4 rings (SSSR count). The first kappa shape index (κ1) is 20.2. The van der Waals surface area contributed by atoms with Crippen molar-refractivity contribution in [2.75, 3.05) is 13.2 Å². The van der Waals surface area contributed by atoms with Crippen LogP contribution in [-0.4, -0.2) is 34.3 Å². The number of furan rings is 1. The minimum atomic E-state index is 0. The molecule has 3 aromatic rings. The van der Waals surface area contributed by atoms with Crippen molar-refractivity contribution in [2.24, 2.45) is 4.99 Å². The Morgan fingerprint density at radius 1 is 1.29 bits per heavy atom. The normalized spacial score (nSPS) is 15.9. The molecule has 28 heavy (non-hydrogen) atoms. The number of hydrogen-bond donors (Lipinski definition) is 3. The maximum atomic E-state index is 5.73. The molecule has 0 spiro atoms. The first-order chi connectivity index (χ1) is 13.3. The van der Waals surface area contributed by atoms with Crippen molar-refractivity contribution in [3.05, 3.63) is 54.0 Å². The molecule has 0 saturated heterocycles. The second-order valence-electron chi connectivity index (χ2n) is 6.15. The first-order valence-electron chi connectivity index (χ1n) is 9.05. The van der Waals surface area contributed by atoms with Gasteiger partial charge in [-0.2, -0.15) is 0 Å². The van der Waals surface area contributed by atoms with E-state index < -0.39 is 0 Å². The largest absolute Gasteiger partial charge is 0.493 e. The molecule has 8 nitrogen and oxygen atoms in total. The molecule has 1 aliphatic heterocycles. The average Bonchev–Trinajstić information content (AvgIpc) is 3.38. The van der Waals surface area contributed by atoms with E-state index in [-0.39, 0.29) is 30.0 Å². The SMILES string of the molecule is CCNC(=NCc1nc(-c2ccco2)n[nH]1)NC1CCOc2ccccc21.I. The van der Waals surface area contributed by atoms with Gasteiger partial charge in [-0.3, -0.25) is 5.10 Å². The van der Waals surface area contributed by atoms with E-state index in [1.165, 1.54) is 0 Å². The lowest BCUT2D eigenvalue weighted by Gasteiger charge is -2.28. The summed E-state index contributed by atoms with van der Waals surface area (Å²) in [4.78, 5) is 9.06.